The monoisotopic (exact) mass is 309 g/mol. The van der Waals surface area contributed by atoms with Crippen molar-refractivity contribution in [3.63, 3.8) is 0 Å². The van der Waals surface area contributed by atoms with Crippen LogP contribution in [-0.4, -0.2) is 13.6 Å². The van der Waals surface area contributed by atoms with Crippen molar-refractivity contribution in [1.29, 1.82) is 0 Å². The summed E-state index contributed by atoms with van der Waals surface area (Å²) in [5.41, 5.74) is 1.03. The van der Waals surface area contributed by atoms with E-state index < -0.39 is 0 Å². The second kappa shape index (κ2) is 6.77. The quantitative estimate of drug-likeness (QED) is 0.661. The van der Waals surface area contributed by atoms with Gasteiger partial charge in [0, 0.05) is 16.8 Å². The van der Waals surface area contributed by atoms with Crippen molar-refractivity contribution in [1.82, 2.24) is 5.32 Å². The number of hydrogen-bond donors (Lipinski definition) is 1. The number of hydrogen-bond acceptors (Lipinski definition) is 3. The molecule has 2 nitrogen and oxygen atoms in total. The lowest BCUT2D eigenvalue weighted by Crippen LogP contribution is -2.18. The highest BCUT2D eigenvalue weighted by molar-refractivity contribution is 7.10. The van der Waals surface area contributed by atoms with Gasteiger partial charge in [0.2, 0.25) is 0 Å². The molecule has 0 radical (unpaired) electrons. The number of fused-ring (bicyclic) bond motifs is 1. The van der Waals surface area contributed by atoms with Gasteiger partial charge < -0.3 is 10.1 Å². The molecule has 0 spiro atoms. The molecule has 3 aromatic rings. The third-order valence-electron chi connectivity index (χ3n) is 3.57. The molecule has 112 valence electrons. The van der Waals surface area contributed by atoms with E-state index in [0.717, 1.165) is 23.3 Å². The Balaban J connectivity index is 1.97. The summed E-state index contributed by atoms with van der Waals surface area (Å²) in [5, 5.41) is 7.54. The van der Waals surface area contributed by atoms with Crippen molar-refractivity contribution in [2.45, 2.75) is 6.10 Å². The Morgan fingerprint density at radius 3 is 2.73 bits per heavy atom. The van der Waals surface area contributed by atoms with Crippen molar-refractivity contribution in [3.05, 3.63) is 77.0 Å². The molecule has 0 amide bonds. The normalized spacial score (nSPS) is 12.2. The summed E-state index contributed by atoms with van der Waals surface area (Å²) in [6.45, 7) is 4.93. The third kappa shape index (κ3) is 3.06. The lowest BCUT2D eigenvalue weighted by Gasteiger charge is -2.21. The summed E-state index contributed by atoms with van der Waals surface area (Å²) in [7, 11) is 1.93. The molecule has 1 aromatic heterocycles. The van der Waals surface area contributed by atoms with Crippen molar-refractivity contribution < 1.29 is 4.74 Å². The van der Waals surface area contributed by atoms with Crippen LogP contribution in [0.2, 0.25) is 0 Å². The number of benzene rings is 2. The first kappa shape index (κ1) is 14.8. The molecule has 22 heavy (non-hydrogen) atoms. The minimum atomic E-state index is -0.127. The van der Waals surface area contributed by atoms with Crippen LogP contribution in [0.15, 0.2) is 72.1 Å². The summed E-state index contributed by atoms with van der Waals surface area (Å²) in [5.74, 6) is 0.897. The molecule has 0 aliphatic heterocycles. The molecule has 2 aromatic carbocycles. The Morgan fingerprint density at radius 1 is 1.14 bits per heavy atom. The maximum absolute atomic E-state index is 6.36. The topological polar surface area (TPSA) is 21.3 Å². The van der Waals surface area contributed by atoms with Crippen LogP contribution in [0.1, 0.15) is 11.0 Å². The minimum Gasteiger partial charge on any atom is -0.480 e. The first-order valence-corrected chi connectivity index (χ1v) is 8.17. The van der Waals surface area contributed by atoms with Gasteiger partial charge in [-0.3, -0.25) is 0 Å². The lowest BCUT2D eigenvalue weighted by molar-refractivity contribution is 0.247. The van der Waals surface area contributed by atoms with Gasteiger partial charge in [0.05, 0.1) is 0 Å². The number of thiophene rings is 1. The van der Waals surface area contributed by atoms with Crippen LogP contribution >= 0.6 is 11.3 Å². The highest BCUT2D eigenvalue weighted by Gasteiger charge is 2.18. The lowest BCUT2D eigenvalue weighted by atomic mass is 10.1. The average molecular weight is 309 g/mol. The van der Waals surface area contributed by atoms with Crippen LogP contribution in [0, 0.1) is 0 Å². The molecule has 1 heterocycles. The smallest absolute Gasteiger partial charge is 0.155 e. The van der Waals surface area contributed by atoms with Gasteiger partial charge in [-0.2, -0.15) is 0 Å². The second-order valence-corrected chi connectivity index (χ2v) is 6.16. The molecule has 0 bridgehead atoms. The number of likely N-dealkylation sites (N-methyl/N-ethyl adjacent to an activating group) is 1. The van der Waals surface area contributed by atoms with E-state index in [0.29, 0.717) is 0 Å². The van der Waals surface area contributed by atoms with Gasteiger partial charge in [0.1, 0.15) is 5.75 Å². The summed E-state index contributed by atoms with van der Waals surface area (Å²) in [4.78, 5) is 1.17. The zero-order chi connectivity index (χ0) is 15.4. The molecule has 3 rings (SSSR count). The Hall–Kier alpha value is -2.10. The summed E-state index contributed by atoms with van der Waals surface area (Å²) >= 11 is 1.70. The molecule has 0 saturated heterocycles. The molecule has 0 saturated carbocycles. The Labute approximate surface area is 135 Å². The SMILES string of the molecule is C=C(CNC)[C@H](Oc1cccc2ccccc12)c1cccs1. The van der Waals surface area contributed by atoms with E-state index in [9.17, 15) is 0 Å². The van der Waals surface area contributed by atoms with Crippen LogP contribution in [0.5, 0.6) is 5.75 Å². The standard InChI is InChI=1S/C19H19NOS/c1-14(13-20-2)19(18-11-6-12-22-18)21-17-10-5-8-15-7-3-4-9-16(15)17/h3-12,19-20H,1,13H2,2H3/t19-/m0/s1. The fourth-order valence-corrected chi connectivity index (χ4v) is 3.34. The van der Waals surface area contributed by atoms with E-state index in [4.69, 9.17) is 4.74 Å². The van der Waals surface area contributed by atoms with Gasteiger partial charge in [0.25, 0.3) is 0 Å². The second-order valence-electron chi connectivity index (χ2n) is 5.18. The van der Waals surface area contributed by atoms with E-state index in [1.807, 2.05) is 37.4 Å². The molecule has 0 fully saturated rings. The van der Waals surface area contributed by atoms with E-state index in [-0.39, 0.29) is 6.10 Å². The molecular weight excluding hydrogens is 290 g/mol. The zero-order valence-corrected chi connectivity index (χ0v) is 13.4. The number of ether oxygens (including phenoxy) is 1. The predicted octanol–water partition coefficient (Wildman–Crippen LogP) is 4.80. The molecule has 1 N–H and O–H groups in total. The van der Waals surface area contributed by atoms with Gasteiger partial charge in [0.15, 0.2) is 6.10 Å². The largest absolute Gasteiger partial charge is 0.480 e. The molecule has 3 heteroatoms. The van der Waals surface area contributed by atoms with Crippen LogP contribution in [0.25, 0.3) is 10.8 Å². The summed E-state index contributed by atoms with van der Waals surface area (Å²) < 4.78 is 6.36. The van der Waals surface area contributed by atoms with Crippen LogP contribution in [-0.2, 0) is 0 Å². The van der Waals surface area contributed by atoms with E-state index in [1.165, 1.54) is 10.3 Å². The van der Waals surface area contributed by atoms with E-state index >= 15 is 0 Å². The van der Waals surface area contributed by atoms with E-state index in [2.05, 4.69) is 41.5 Å². The minimum absolute atomic E-state index is 0.127. The number of nitrogens with one attached hydrogen (secondary N) is 1. The van der Waals surface area contributed by atoms with Gasteiger partial charge in [-0.05, 0) is 35.5 Å². The highest BCUT2D eigenvalue weighted by Crippen LogP contribution is 2.34. The van der Waals surface area contributed by atoms with Crippen LogP contribution in [0.3, 0.4) is 0 Å². The van der Waals surface area contributed by atoms with Crippen molar-refractivity contribution in [3.8, 4) is 5.75 Å². The molecular formula is C19H19NOS. The average Bonchev–Trinajstić information content (AvgIpc) is 3.07. The third-order valence-corrected chi connectivity index (χ3v) is 4.49. The molecule has 0 aliphatic rings. The van der Waals surface area contributed by atoms with Crippen LogP contribution in [0.4, 0.5) is 0 Å². The van der Waals surface area contributed by atoms with Gasteiger partial charge in [-0.25, -0.2) is 0 Å². The number of rotatable bonds is 6. The Bertz CT molecular complexity index is 759. The van der Waals surface area contributed by atoms with Crippen LogP contribution < -0.4 is 10.1 Å². The Kier molecular flexibility index (Phi) is 4.56. The predicted molar refractivity (Wildman–Crippen MR) is 94.7 cm³/mol. The highest BCUT2D eigenvalue weighted by atomic mass is 32.1. The molecule has 0 unspecified atom stereocenters. The molecule has 0 aliphatic carbocycles. The summed E-state index contributed by atoms with van der Waals surface area (Å²) in [6.07, 6.45) is -0.127. The van der Waals surface area contributed by atoms with Crippen molar-refractivity contribution in [2.24, 2.45) is 0 Å². The maximum Gasteiger partial charge on any atom is 0.155 e. The first-order valence-electron chi connectivity index (χ1n) is 7.29. The van der Waals surface area contributed by atoms with Crippen molar-refractivity contribution >= 4 is 22.1 Å². The van der Waals surface area contributed by atoms with Gasteiger partial charge in [-0.15, -0.1) is 11.3 Å². The molecule has 1 atom stereocenters. The maximum atomic E-state index is 6.36. The fraction of sp³-hybridized carbons (Fsp3) is 0.158. The Morgan fingerprint density at radius 2 is 1.95 bits per heavy atom. The summed E-state index contributed by atoms with van der Waals surface area (Å²) in [6, 6.07) is 18.6. The van der Waals surface area contributed by atoms with E-state index in [1.54, 1.807) is 11.3 Å². The van der Waals surface area contributed by atoms with Gasteiger partial charge in [-0.1, -0.05) is 49.0 Å². The first-order chi connectivity index (χ1) is 10.8. The fourth-order valence-electron chi connectivity index (χ4n) is 2.53. The van der Waals surface area contributed by atoms with Crippen molar-refractivity contribution in [2.75, 3.05) is 13.6 Å². The zero-order valence-electron chi connectivity index (χ0n) is 12.6. The van der Waals surface area contributed by atoms with Gasteiger partial charge >= 0.3 is 0 Å².